The topological polar surface area (TPSA) is 137 Å². The van der Waals surface area contributed by atoms with E-state index in [1.807, 2.05) is 6.07 Å². The lowest BCUT2D eigenvalue weighted by Crippen LogP contribution is -2.38. The molecule has 8 nitrogen and oxygen atoms in total. The maximum Gasteiger partial charge on any atom is 0.416 e. The summed E-state index contributed by atoms with van der Waals surface area (Å²) in [6.07, 6.45) is -2.05. The Hall–Kier alpha value is -3.78. The van der Waals surface area contributed by atoms with Crippen molar-refractivity contribution in [1.82, 2.24) is 10.3 Å². The highest BCUT2D eigenvalue weighted by atomic mass is 19.4. The summed E-state index contributed by atoms with van der Waals surface area (Å²) in [4.78, 5) is 24.9. The van der Waals surface area contributed by atoms with E-state index in [-0.39, 0.29) is 28.7 Å². The fourth-order valence-corrected chi connectivity index (χ4v) is 3.10. The maximum atomic E-state index is 13.4. The molecular formula is C22H21F3N6O2. The first-order chi connectivity index (χ1) is 15.6. The third kappa shape index (κ3) is 6.14. The van der Waals surface area contributed by atoms with E-state index in [0.717, 1.165) is 31.3 Å². The zero-order valence-corrected chi connectivity index (χ0v) is 17.5. The Morgan fingerprint density at radius 3 is 2.64 bits per heavy atom. The van der Waals surface area contributed by atoms with Crippen LogP contribution in [0.15, 0.2) is 46.5 Å². The second-order valence-electron chi connectivity index (χ2n) is 7.58. The van der Waals surface area contributed by atoms with Crippen molar-refractivity contribution in [2.24, 2.45) is 21.6 Å². The number of pyridine rings is 1. The Labute approximate surface area is 187 Å². The number of amidine groups is 1. The molecule has 2 unspecified atom stereocenters. The lowest BCUT2D eigenvalue weighted by atomic mass is 9.98. The Bertz CT molecular complexity index is 1120. The van der Waals surface area contributed by atoms with Crippen molar-refractivity contribution >= 4 is 23.9 Å². The Kier molecular flexibility index (Phi) is 7.08. The summed E-state index contributed by atoms with van der Waals surface area (Å²) >= 11 is 0. The molecule has 2 atom stereocenters. The minimum atomic E-state index is -4.68. The van der Waals surface area contributed by atoms with Gasteiger partial charge in [0.15, 0.2) is 11.7 Å². The Balaban J connectivity index is 1.86. The molecule has 11 heteroatoms. The van der Waals surface area contributed by atoms with Crippen LogP contribution in [0.3, 0.4) is 0 Å². The van der Waals surface area contributed by atoms with Gasteiger partial charge >= 0.3 is 6.18 Å². The number of carbonyl (C=O) groups excluding carboxylic acids is 1. The van der Waals surface area contributed by atoms with Crippen LogP contribution in [0.25, 0.3) is 0 Å². The zero-order chi connectivity index (χ0) is 24.2. The number of nitrogens with two attached hydrogens (primary N) is 1. The van der Waals surface area contributed by atoms with E-state index >= 15 is 0 Å². The maximum absolute atomic E-state index is 13.4. The molecular weight excluding hydrogens is 437 g/mol. The average molecular weight is 458 g/mol. The number of halogens is 3. The molecule has 33 heavy (non-hydrogen) atoms. The van der Waals surface area contributed by atoms with Gasteiger partial charge in [-0.3, -0.25) is 4.79 Å². The number of hydrogen-bond donors (Lipinski definition) is 3. The first-order valence-electron chi connectivity index (χ1n) is 10.0. The van der Waals surface area contributed by atoms with Crippen molar-refractivity contribution in [2.45, 2.75) is 38.1 Å². The van der Waals surface area contributed by atoms with Crippen molar-refractivity contribution in [3.8, 4) is 6.07 Å². The Morgan fingerprint density at radius 2 is 2.09 bits per heavy atom. The van der Waals surface area contributed by atoms with Crippen LogP contribution in [-0.4, -0.2) is 34.2 Å². The fourth-order valence-electron chi connectivity index (χ4n) is 3.10. The van der Waals surface area contributed by atoms with E-state index < -0.39 is 29.8 Å². The summed E-state index contributed by atoms with van der Waals surface area (Å²) in [7, 11) is 0. The number of hydrogen-bond acceptors (Lipinski definition) is 5. The highest BCUT2D eigenvalue weighted by molar-refractivity contribution is 6.01. The van der Waals surface area contributed by atoms with Gasteiger partial charge in [-0.05, 0) is 61.6 Å². The number of aliphatic imine (C=N–C) groups is 2. The van der Waals surface area contributed by atoms with Crippen molar-refractivity contribution < 1.29 is 23.1 Å². The standard InChI is InChI=1S/C22H21F3N6O2/c1-12(20(29-11-27)31-18-5-2-13(9-26)10-28-18)30-21(33)16-6-15(19(32)14-3-4-14)7-17(8-16)22(23,24)25/h2,5-8,10-12,14,19,32H,3-4H2,1H3,(H,30,33)(H2,27,28,29,31). The largest absolute Gasteiger partial charge is 0.416 e. The van der Waals surface area contributed by atoms with Gasteiger partial charge in [-0.1, -0.05) is 0 Å². The van der Waals surface area contributed by atoms with Crippen LogP contribution in [0, 0.1) is 17.2 Å². The van der Waals surface area contributed by atoms with Crippen molar-refractivity contribution in [2.75, 3.05) is 0 Å². The van der Waals surface area contributed by atoms with Gasteiger partial charge in [-0.15, -0.1) is 0 Å². The molecule has 1 aliphatic carbocycles. The summed E-state index contributed by atoms with van der Waals surface area (Å²) in [6.45, 7) is 1.53. The lowest BCUT2D eigenvalue weighted by Gasteiger charge is -2.17. The van der Waals surface area contributed by atoms with Gasteiger partial charge in [-0.2, -0.15) is 18.4 Å². The minimum Gasteiger partial charge on any atom is -0.390 e. The number of aliphatic hydroxyl groups excluding tert-OH is 1. The third-order valence-corrected chi connectivity index (χ3v) is 5.00. The quantitative estimate of drug-likeness (QED) is 0.451. The number of aliphatic hydroxyl groups is 1. The SMILES string of the molecule is CC(NC(=O)c1cc(C(O)C2CC2)cc(C(F)(F)F)c1)C(N=CN)=Nc1ccc(C#N)cn1. The fraction of sp³-hybridized carbons (Fsp3) is 0.318. The molecule has 0 radical (unpaired) electrons. The Morgan fingerprint density at radius 1 is 1.36 bits per heavy atom. The van der Waals surface area contributed by atoms with E-state index in [1.54, 1.807) is 0 Å². The van der Waals surface area contributed by atoms with Gasteiger partial charge in [0.05, 0.1) is 29.6 Å². The molecule has 4 N–H and O–H groups in total. The normalized spacial score (nSPS) is 16.3. The number of amides is 1. The highest BCUT2D eigenvalue weighted by Crippen LogP contribution is 2.42. The van der Waals surface area contributed by atoms with Gasteiger partial charge in [-0.25, -0.2) is 15.0 Å². The van der Waals surface area contributed by atoms with Gasteiger partial charge < -0.3 is 16.2 Å². The van der Waals surface area contributed by atoms with Crippen LogP contribution in [0.2, 0.25) is 0 Å². The minimum absolute atomic E-state index is 0.0424. The summed E-state index contributed by atoms with van der Waals surface area (Å²) < 4.78 is 40.2. The number of nitriles is 1. The summed E-state index contributed by atoms with van der Waals surface area (Å²) in [5.41, 5.74) is 4.46. The predicted octanol–water partition coefficient (Wildman–Crippen LogP) is 3.25. The van der Waals surface area contributed by atoms with Crippen molar-refractivity contribution in [3.05, 3.63) is 58.8 Å². The molecule has 1 fully saturated rings. The monoisotopic (exact) mass is 458 g/mol. The molecule has 1 aliphatic rings. The van der Waals surface area contributed by atoms with Crippen LogP contribution >= 0.6 is 0 Å². The van der Waals surface area contributed by atoms with Crippen LogP contribution in [-0.2, 0) is 6.18 Å². The zero-order valence-electron chi connectivity index (χ0n) is 17.5. The summed E-state index contributed by atoms with van der Waals surface area (Å²) in [5.74, 6) is -0.663. The molecule has 1 amide bonds. The summed E-state index contributed by atoms with van der Waals surface area (Å²) in [6, 6.07) is 6.89. The molecule has 172 valence electrons. The predicted molar refractivity (Wildman–Crippen MR) is 115 cm³/mol. The van der Waals surface area contributed by atoms with Crippen LogP contribution in [0.1, 0.15) is 52.9 Å². The first kappa shape index (κ1) is 23.9. The van der Waals surface area contributed by atoms with Gasteiger partial charge in [0.25, 0.3) is 5.91 Å². The third-order valence-electron chi connectivity index (χ3n) is 5.00. The molecule has 1 heterocycles. The molecule has 1 saturated carbocycles. The molecule has 0 spiro atoms. The number of nitrogens with one attached hydrogen (secondary N) is 1. The van der Waals surface area contributed by atoms with Crippen LogP contribution < -0.4 is 11.1 Å². The first-order valence-corrected chi connectivity index (χ1v) is 10.0. The van der Waals surface area contributed by atoms with E-state index in [2.05, 4.69) is 20.3 Å². The lowest BCUT2D eigenvalue weighted by molar-refractivity contribution is -0.137. The number of rotatable bonds is 6. The van der Waals surface area contributed by atoms with E-state index in [9.17, 15) is 23.1 Å². The molecule has 1 aromatic carbocycles. The van der Waals surface area contributed by atoms with Crippen molar-refractivity contribution in [1.29, 1.82) is 5.26 Å². The number of carbonyl (C=O) groups is 1. The molecule has 2 aromatic rings. The number of benzene rings is 1. The number of nitrogens with zero attached hydrogens (tertiary/aromatic N) is 4. The average Bonchev–Trinajstić information content (AvgIpc) is 3.63. The molecule has 1 aromatic heterocycles. The number of aromatic nitrogens is 1. The van der Waals surface area contributed by atoms with E-state index in [0.29, 0.717) is 5.56 Å². The molecule has 0 bridgehead atoms. The molecule has 3 rings (SSSR count). The van der Waals surface area contributed by atoms with Crippen LogP contribution in [0.4, 0.5) is 19.0 Å². The second kappa shape index (κ2) is 9.79. The van der Waals surface area contributed by atoms with Gasteiger partial charge in [0, 0.05) is 11.8 Å². The number of alkyl halides is 3. The highest BCUT2D eigenvalue weighted by Gasteiger charge is 2.35. The van der Waals surface area contributed by atoms with E-state index in [1.165, 1.54) is 31.3 Å². The van der Waals surface area contributed by atoms with Crippen LogP contribution in [0.5, 0.6) is 0 Å². The van der Waals surface area contributed by atoms with Crippen molar-refractivity contribution in [3.63, 3.8) is 0 Å². The molecule has 0 aliphatic heterocycles. The van der Waals surface area contributed by atoms with Gasteiger partial charge in [0.2, 0.25) is 0 Å². The van der Waals surface area contributed by atoms with Gasteiger partial charge in [0.1, 0.15) is 6.07 Å². The smallest absolute Gasteiger partial charge is 0.390 e. The summed E-state index contributed by atoms with van der Waals surface area (Å²) in [5, 5.41) is 21.7. The molecule has 0 saturated heterocycles. The van der Waals surface area contributed by atoms with E-state index in [4.69, 9.17) is 11.0 Å². The second-order valence-corrected chi connectivity index (χ2v) is 7.58.